The third-order valence-corrected chi connectivity index (χ3v) is 7.17. The summed E-state index contributed by atoms with van der Waals surface area (Å²) in [5.74, 6) is 2.65. The summed E-state index contributed by atoms with van der Waals surface area (Å²) in [6.45, 7) is 4.38. The molecule has 0 aliphatic carbocycles. The lowest BCUT2D eigenvalue weighted by atomic mass is 10.1. The highest BCUT2D eigenvalue weighted by atomic mass is 35.5. The molecule has 0 bridgehead atoms. The summed E-state index contributed by atoms with van der Waals surface area (Å²) in [5.41, 5.74) is 1.18. The first-order valence-corrected chi connectivity index (χ1v) is 12.4. The van der Waals surface area contributed by atoms with Crippen molar-refractivity contribution < 1.29 is 9.47 Å². The highest BCUT2D eigenvalue weighted by molar-refractivity contribution is 7.22. The molecule has 172 valence electrons. The summed E-state index contributed by atoms with van der Waals surface area (Å²) in [4.78, 5) is 3.71. The van der Waals surface area contributed by atoms with Crippen molar-refractivity contribution in [3.63, 3.8) is 0 Å². The number of ether oxygens (including phenoxy) is 2. The van der Waals surface area contributed by atoms with Crippen LogP contribution in [0.15, 0.2) is 78.9 Å². The largest absolute Gasteiger partial charge is 0.494 e. The standard InChI is InChI=1S/C28H29NO2S.ClH/c1-3-10-22(11-4-1)28-27(25-12-5-6-13-26(25)32-28)31-24-16-14-23(15-17-24)30-21-9-20-29-18-7-2-8-19-29;/h1,3-6,10-17H,2,7-9,18-21H2;1H. The van der Waals surface area contributed by atoms with Gasteiger partial charge >= 0.3 is 0 Å². The van der Waals surface area contributed by atoms with Gasteiger partial charge in [0, 0.05) is 16.6 Å². The van der Waals surface area contributed by atoms with Crippen LogP contribution >= 0.6 is 23.7 Å². The van der Waals surface area contributed by atoms with Crippen molar-refractivity contribution in [2.24, 2.45) is 0 Å². The lowest BCUT2D eigenvalue weighted by Crippen LogP contribution is -2.31. The molecule has 0 atom stereocenters. The number of hydrogen-bond donors (Lipinski definition) is 0. The predicted molar refractivity (Wildman–Crippen MR) is 141 cm³/mol. The molecular formula is C28H30ClNO2S. The first-order valence-electron chi connectivity index (χ1n) is 11.6. The average Bonchev–Trinajstić information content (AvgIpc) is 3.22. The maximum absolute atomic E-state index is 6.43. The maximum Gasteiger partial charge on any atom is 0.153 e. The van der Waals surface area contributed by atoms with Gasteiger partial charge in [-0.15, -0.1) is 23.7 Å². The Balaban J connectivity index is 0.00000259. The van der Waals surface area contributed by atoms with Crippen LogP contribution < -0.4 is 9.47 Å². The van der Waals surface area contributed by atoms with Gasteiger partial charge in [-0.1, -0.05) is 48.9 Å². The second-order valence-corrected chi connectivity index (χ2v) is 9.35. The molecule has 1 fully saturated rings. The van der Waals surface area contributed by atoms with Crippen LogP contribution in [0, 0.1) is 0 Å². The molecule has 4 aromatic rings. The molecule has 2 heterocycles. The molecule has 3 aromatic carbocycles. The van der Waals surface area contributed by atoms with Crippen LogP contribution in [-0.4, -0.2) is 31.1 Å². The van der Waals surface area contributed by atoms with Crippen molar-refractivity contribution in [2.75, 3.05) is 26.2 Å². The number of thiophene rings is 1. The predicted octanol–water partition coefficient (Wildman–Crippen LogP) is 8.04. The molecular weight excluding hydrogens is 450 g/mol. The Morgan fingerprint density at radius 1 is 0.758 bits per heavy atom. The van der Waals surface area contributed by atoms with Crippen molar-refractivity contribution in [1.29, 1.82) is 0 Å². The van der Waals surface area contributed by atoms with Crippen LogP contribution in [0.2, 0.25) is 0 Å². The van der Waals surface area contributed by atoms with Gasteiger partial charge in [-0.3, -0.25) is 0 Å². The van der Waals surface area contributed by atoms with Crippen molar-refractivity contribution in [1.82, 2.24) is 4.90 Å². The number of nitrogens with zero attached hydrogens (tertiary/aromatic N) is 1. The van der Waals surface area contributed by atoms with E-state index in [4.69, 9.17) is 9.47 Å². The van der Waals surface area contributed by atoms with E-state index < -0.39 is 0 Å². The molecule has 5 heteroatoms. The molecule has 3 nitrogen and oxygen atoms in total. The smallest absolute Gasteiger partial charge is 0.153 e. The van der Waals surface area contributed by atoms with Gasteiger partial charge in [0.05, 0.1) is 11.5 Å². The van der Waals surface area contributed by atoms with Crippen LogP contribution in [0.4, 0.5) is 0 Å². The maximum atomic E-state index is 6.43. The zero-order valence-corrected chi connectivity index (χ0v) is 20.4. The zero-order valence-electron chi connectivity index (χ0n) is 18.7. The van der Waals surface area contributed by atoms with E-state index in [-0.39, 0.29) is 12.4 Å². The van der Waals surface area contributed by atoms with E-state index in [1.165, 1.54) is 42.6 Å². The van der Waals surface area contributed by atoms with Gasteiger partial charge in [0.15, 0.2) is 5.75 Å². The molecule has 0 N–H and O–H groups in total. The first-order chi connectivity index (χ1) is 15.9. The Morgan fingerprint density at radius 2 is 1.45 bits per heavy atom. The Kier molecular flexibility index (Phi) is 8.27. The Bertz CT molecular complexity index is 1140. The second-order valence-electron chi connectivity index (χ2n) is 8.30. The third kappa shape index (κ3) is 5.89. The van der Waals surface area contributed by atoms with Gasteiger partial charge in [0.25, 0.3) is 0 Å². The number of piperidine rings is 1. The highest BCUT2D eigenvalue weighted by Crippen LogP contribution is 2.46. The molecule has 0 saturated carbocycles. The van der Waals surface area contributed by atoms with E-state index in [1.54, 1.807) is 11.3 Å². The Labute approximate surface area is 206 Å². The highest BCUT2D eigenvalue weighted by Gasteiger charge is 2.16. The van der Waals surface area contributed by atoms with Gasteiger partial charge < -0.3 is 14.4 Å². The van der Waals surface area contributed by atoms with Gasteiger partial charge in [0.1, 0.15) is 11.5 Å². The summed E-state index contributed by atoms with van der Waals surface area (Å²) in [7, 11) is 0. The fourth-order valence-electron chi connectivity index (χ4n) is 4.29. The SMILES string of the molecule is Cl.c1ccc(-c2sc3ccccc3c2Oc2ccc(OCCCN3CCCCC3)cc2)cc1. The summed E-state index contributed by atoms with van der Waals surface area (Å²) >= 11 is 1.77. The topological polar surface area (TPSA) is 21.7 Å². The minimum atomic E-state index is 0. The van der Waals surface area contributed by atoms with Gasteiger partial charge in [-0.2, -0.15) is 0 Å². The average molecular weight is 480 g/mol. The van der Waals surface area contributed by atoms with E-state index >= 15 is 0 Å². The summed E-state index contributed by atoms with van der Waals surface area (Å²) in [6.07, 6.45) is 5.14. The normalized spacial score (nSPS) is 14.1. The minimum Gasteiger partial charge on any atom is -0.494 e. The summed E-state index contributed by atoms with van der Waals surface area (Å²) < 4.78 is 13.6. The van der Waals surface area contributed by atoms with E-state index in [0.717, 1.165) is 47.1 Å². The molecule has 1 saturated heterocycles. The molecule has 0 spiro atoms. The molecule has 1 aliphatic heterocycles. The van der Waals surface area contributed by atoms with Crippen LogP contribution in [0.3, 0.4) is 0 Å². The number of likely N-dealkylation sites (tertiary alicyclic amines) is 1. The number of hydrogen-bond acceptors (Lipinski definition) is 4. The minimum absolute atomic E-state index is 0. The molecule has 0 amide bonds. The first kappa shape index (κ1) is 23.6. The molecule has 0 radical (unpaired) electrons. The van der Waals surface area contributed by atoms with Crippen LogP contribution in [0.5, 0.6) is 17.2 Å². The van der Waals surface area contributed by atoms with Crippen molar-refractivity contribution in [3.05, 3.63) is 78.9 Å². The van der Waals surface area contributed by atoms with Gasteiger partial charge in [-0.05, 0) is 74.3 Å². The van der Waals surface area contributed by atoms with Crippen LogP contribution in [0.1, 0.15) is 25.7 Å². The van der Waals surface area contributed by atoms with Crippen molar-refractivity contribution >= 4 is 33.8 Å². The van der Waals surface area contributed by atoms with E-state index in [9.17, 15) is 0 Å². The molecule has 33 heavy (non-hydrogen) atoms. The Hall–Kier alpha value is -2.53. The Morgan fingerprint density at radius 3 is 2.24 bits per heavy atom. The van der Waals surface area contributed by atoms with Crippen molar-refractivity contribution in [3.8, 4) is 27.7 Å². The van der Waals surface area contributed by atoms with Gasteiger partial charge in [-0.25, -0.2) is 0 Å². The number of rotatable bonds is 8. The molecule has 0 unspecified atom stereocenters. The molecule has 1 aromatic heterocycles. The fourth-order valence-corrected chi connectivity index (χ4v) is 5.42. The van der Waals surface area contributed by atoms with E-state index in [0.29, 0.717) is 0 Å². The van der Waals surface area contributed by atoms with E-state index in [2.05, 4.69) is 53.4 Å². The third-order valence-electron chi connectivity index (χ3n) is 5.97. The van der Waals surface area contributed by atoms with Crippen LogP contribution in [-0.2, 0) is 0 Å². The summed E-state index contributed by atoms with van der Waals surface area (Å²) in [6, 6.07) is 26.9. The number of benzene rings is 3. The molecule has 1 aliphatic rings. The number of halogens is 1. The number of fused-ring (bicyclic) bond motifs is 1. The summed E-state index contributed by atoms with van der Waals surface area (Å²) in [5, 5.41) is 1.15. The lowest BCUT2D eigenvalue weighted by molar-refractivity contribution is 0.205. The fraction of sp³-hybridized carbons (Fsp3) is 0.286. The van der Waals surface area contributed by atoms with Crippen LogP contribution in [0.25, 0.3) is 20.5 Å². The molecule has 5 rings (SSSR count). The quantitative estimate of drug-likeness (QED) is 0.239. The monoisotopic (exact) mass is 479 g/mol. The zero-order chi connectivity index (χ0) is 21.6. The van der Waals surface area contributed by atoms with Crippen molar-refractivity contribution in [2.45, 2.75) is 25.7 Å². The lowest BCUT2D eigenvalue weighted by Gasteiger charge is -2.26. The van der Waals surface area contributed by atoms with E-state index in [1.807, 2.05) is 30.3 Å². The van der Waals surface area contributed by atoms with Gasteiger partial charge in [0.2, 0.25) is 0 Å². The second kappa shape index (κ2) is 11.6.